The highest BCUT2D eigenvalue weighted by atomic mass is 79.9. The molecule has 0 radical (unpaired) electrons. The van der Waals surface area contributed by atoms with Crippen molar-refractivity contribution in [3.8, 4) is 0 Å². The average molecular weight is 355 g/mol. The van der Waals surface area contributed by atoms with Gasteiger partial charge in [-0.15, -0.1) is 0 Å². The number of hydrogen-bond donors (Lipinski definition) is 2. The van der Waals surface area contributed by atoms with E-state index in [-0.39, 0.29) is 0 Å². The molecule has 1 fully saturated rings. The quantitative estimate of drug-likeness (QED) is 0.789. The Morgan fingerprint density at radius 3 is 2.81 bits per heavy atom. The lowest BCUT2D eigenvalue weighted by Gasteiger charge is -2.33. The van der Waals surface area contributed by atoms with Gasteiger partial charge < -0.3 is 15.3 Å². The van der Waals surface area contributed by atoms with E-state index in [9.17, 15) is 0 Å². The van der Waals surface area contributed by atoms with E-state index in [0.717, 1.165) is 30.4 Å². The third-order valence-corrected chi connectivity index (χ3v) is 5.02. The predicted octanol–water partition coefficient (Wildman–Crippen LogP) is 3.19. The number of nitrogens with one attached hydrogen (secondary N) is 1. The van der Waals surface area contributed by atoms with Crippen LogP contribution in [-0.4, -0.2) is 43.3 Å². The van der Waals surface area contributed by atoms with E-state index in [1.807, 2.05) is 7.05 Å². The van der Waals surface area contributed by atoms with Crippen molar-refractivity contribution >= 4 is 15.9 Å². The summed E-state index contributed by atoms with van der Waals surface area (Å²) in [6, 6.07) is 9.01. The minimum atomic E-state index is 0.330. The largest absolute Gasteiger partial charge is 0.396 e. The molecule has 2 atom stereocenters. The Balaban J connectivity index is 1.83. The van der Waals surface area contributed by atoms with Gasteiger partial charge in [0.05, 0.1) is 0 Å². The fourth-order valence-corrected chi connectivity index (χ4v) is 3.52. The summed E-state index contributed by atoms with van der Waals surface area (Å²) in [6.45, 7) is 3.82. The second kappa shape index (κ2) is 8.89. The van der Waals surface area contributed by atoms with E-state index in [1.165, 1.54) is 24.9 Å². The number of halogens is 1. The van der Waals surface area contributed by atoms with Crippen molar-refractivity contribution in [1.29, 1.82) is 0 Å². The lowest BCUT2D eigenvalue weighted by atomic mass is 9.94. The Hall–Kier alpha value is -0.420. The smallest absolute Gasteiger partial charge is 0.0434 e. The van der Waals surface area contributed by atoms with E-state index in [2.05, 4.69) is 50.4 Å². The highest BCUT2D eigenvalue weighted by Crippen LogP contribution is 2.23. The molecule has 1 aromatic carbocycles. The zero-order chi connectivity index (χ0) is 15.1. The van der Waals surface area contributed by atoms with Crippen LogP contribution in [0.25, 0.3) is 0 Å². The Morgan fingerprint density at radius 2 is 2.14 bits per heavy atom. The first kappa shape index (κ1) is 16.9. The molecule has 0 aliphatic carbocycles. The predicted molar refractivity (Wildman–Crippen MR) is 91.4 cm³/mol. The van der Waals surface area contributed by atoms with Crippen LogP contribution >= 0.6 is 15.9 Å². The van der Waals surface area contributed by atoms with Gasteiger partial charge in [0.15, 0.2) is 0 Å². The molecule has 2 N–H and O–H groups in total. The highest BCUT2D eigenvalue weighted by molar-refractivity contribution is 9.10. The summed E-state index contributed by atoms with van der Waals surface area (Å²) in [6.07, 6.45) is 4.63. The van der Waals surface area contributed by atoms with Crippen LogP contribution in [0, 0.1) is 5.92 Å². The third kappa shape index (κ3) is 5.37. The van der Waals surface area contributed by atoms with Crippen molar-refractivity contribution in [2.45, 2.75) is 31.7 Å². The van der Waals surface area contributed by atoms with Gasteiger partial charge in [-0.1, -0.05) is 28.1 Å². The average Bonchev–Trinajstić information content (AvgIpc) is 2.50. The molecule has 0 bridgehead atoms. The number of aliphatic hydroxyl groups excluding tert-OH is 1. The second-order valence-electron chi connectivity index (χ2n) is 6.00. The molecule has 0 saturated carbocycles. The van der Waals surface area contributed by atoms with E-state index in [0.29, 0.717) is 18.6 Å². The Labute approximate surface area is 136 Å². The van der Waals surface area contributed by atoms with E-state index < -0.39 is 0 Å². The lowest BCUT2D eigenvalue weighted by molar-refractivity contribution is 0.143. The molecule has 0 spiro atoms. The molecular weight excluding hydrogens is 328 g/mol. The second-order valence-corrected chi connectivity index (χ2v) is 6.92. The maximum absolute atomic E-state index is 9.10. The van der Waals surface area contributed by atoms with Crippen molar-refractivity contribution in [3.63, 3.8) is 0 Å². The van der Waals surface area contributed by atoms with Gasteiger partial charge in [0, 0.05) is 23.7 Å². The number of nitrogens with zero attached hydrogens (tertiary/aromatic N) is 1. The standard InChI is InChI=1S/C17H27BrN2O/c1-19-17(15-4-6-16(18)7-5-15)8-11-20-10-2-3-14(13-20)9-12-21/h4-7,14,17,19,21H,2-3,8-13H2,1H3. The number of piperidine rings is 1. The summed E-state index contributed by atoms with van der Waals surface area (Å²) in [7, 11) is 2.04. The molecule has 1 aliphatic rings. The zero-order valence-corrected chi connectivity index (χ0v) is 14.5. The minimum absolute atomic E-state index is 0.330. The maximum Gasteiger partial charge on any atom is 0.0434 e. The minimum Gasteiger partial charge on any atom is -0.396 e. The molecule has 4 heteroatoms. The van der Waals surface area contributed by atoms with Gasteiger partial charge in [-0.25, -0.2) is 0 Å². The third-order valence-electron chi connectivity index (χ3n) is 4.50. The first-order valence-corrected chi connectivity index (χ1v) is 8.78. The number of benzene rings is 1. The van der Waals surface area contributed by atoms with Crippen molar-refractivity contribution in [2.24, 2.45) is 5.92 Å². The zero-order valence-electron chi connectivity index (χ0n) is 12.9. The van der Waals surface area contributed by atoms with Crippen LogP contribution in [0.15, 0.2) is 28.7 Å². The first-order valence-electron chi connectivity index (χ1n) is 7.99. The number of likely N-dealkylation sites (tertiary alicyclic amines) is 1. The molecule has 1 aromatic rings. The highest BCUT2D eigenvalue weighted by Gasteiger charge is 2.20. The molecule has 21 heavy (non-hydrogen) atoms. The molecule has 1 saturated heterocycles. The number of hydrogen-bond acceptors (Lipinski definition) is 3. The molecule has 1 heterocycles. The van der Waals surface area contributed by atoms with Crippen LogP contribution in [0.2, 0.25) is 0 Å². The van der Waals surface area contributed by atoms with Gasteiger partial charge >= 0.3 is 0 Å². The Kier molecular flexibility index (Phi) is 7.17. The SMILES string of the molecule is CNC(CCN1CCCC(CCO)C1)c1ccc(Br)cc1. The van der Waals surface area contributed by atoms with Crippen LogP contribution in [0.4, 0.5) is 0 Å². The van der Waals surface area contributed by atoms with Crippen LogP contribution in [0.5, 0.6) is 0 Å². The molecular formula is C17H27BrN2O. The van der Waals surface area contributed by atoms with Gasteiger partial charge in [-0.3, -0.25) is 0 Å². The normalized spacial score (nSPS) is 21.4. The van der Waals surface area contributed by atoms with Crippen molar-refractivity contribution in [1.82, 2.24) is 10.2 Å². The van der Waals surface area contributed by atoms with E-state index in [1.54, 1.807) is 0 Å². The maximum atomic E-state index is 9.10. The van der Waals surface area contributed by atoms with Crippen LogP contribution < -0.4 is 5.32 Å². The first-order chi connectivity index (χ1) is 10.2. The number of rotatable bonds is 7. The summed E-state index contributed by atoms with van der Waals surface area (Å²) >= 11 is 3.49. The molecule has 118 valence electrons. The fraction of sp³-hybridized carbons (Fsp3) is 0.647. The lowest BCUT2D eigenvalue weighted by Crippen LogP contribution is -2.37. The van der Waals surface area contributed by atoms with Gasteiger partial charge in [-0.05, 0) is 69.4 Å². The Morgan fingerprint density at radius 1 is 1.38 bits per heavy atom. The molecule has 0 aromatic heterocycles. The monoisotopic (exact) mass is 354 g/mol. The van der Waals surface area contributed by atoms with Gasteiger partial charge in [0.2, 0.25) is 0 Å². The van der Waals surface area contributed by atoms with E-state index in [4.69, 9.17) is 5.11 Å². The summed E-state index contributed by atoms with van der Waals surface area (Å²) in [5.41, 5.74) is 1.35. The number of aliphatic hydroxyl groups is 1. The van der Waals surface area contributed by atoms with Gasteiger partial charge in [0.1, 0.15) is 0 Å². The summed E-state index contributed by atoms with van der Waals surface area (Å²) in [4.78, 5) is 2.56. The Bertz CT molecular complexity index is 408. The topological polar surface area (TPSA) is 35.5 Å². The molecule has 2 rings (SSSR count). The summed E-state index contributed by atoms with van der Waals surface area (Å²) in [5, 5.41) is 12.5. The van der Waals surface area contributed by atoms with Gasteiger partial charge in [-0.2, -0.15) is 0 Å². The van der Waals surface area contributed by atoms with Crippen LogP contribution in [0.3, 0.4) is 0 Å². The summed E-state index contributed by atoms with van der Waals surface area (Å²) in [5.74, 6) is 0.685. The van der Waals surface area contributed by atoms with Crippen molar-refractivity contribution in [3.05, 3.63) is 34.3 Å². The van der Waals surface area contributed by atoms with E-state index >= 15 is 0 Å². The summed E-state index contributed by atoms with van der Waals surface area (Å²) < 4.78 is 1.13. The molecule has 3 nitrogen and oxygen atoms in total. The fourth-order valence-electron chi connectivity index (χ4n) is 3.26. The van der Waals surface area contributed by atoms with Crippen molar-refractivity contribution < 1.29 is 5.11 Å². The van der Waals surface area contributed by atoms with Crippen molar-refractivity contribution in [2.75, 3.05) is 33.3 Å². The van der Waals surface area contributed by atoms with Crippen LogP contribution in [-0.2, 0) is 0 Å². The van der Waals surface area contributed by atoms with Crippen LogP contribution in [0.1, 0.15) is 37.3 Å². The van der Waals surface area contributed by atoms with Gasteiger partial charge in [0.25, 0.3) is 0 Å². The molecule has 0 amide bonds. The molecule has 2 unspecified atom stereocenters. The molecule has 1 aliphatic heterocycles.